The van der Waals surface area contributed by atoms with E-state index in [4.69, 9.17) is 15.2 Å². The molecule has 4 rings (SSSR count). The Balaban J connectivity index is 1.63. The lowest BCUT2D eigenvalue weighted by atomic mass is 10.2. The monoisotopic (exact) mass is 428 g/mol. The normalized spacial score (nSPS) is 13.9. The molecule has 0 atom stereocenters. The zero-order valence-electron chi connectivity index (χ0n) is 16.5. The Morgan fingerprint density at radius 1 is 1.13 bits per heavy atom. The average Bonchev–Trinajstić information content (AvgIpc) is 3.20. The van der Waals surface area contributed by atoms with Crippen LogP contribution in [-0.2, 0) is 4.74 Å². The van der Waals surface area contributed by atoms with E-state index in [2.05, 4.69) is 25.1 Å². The molecule has 3 heterocycles. The highest BCUT2D eigenvalue weighted by Gasteiger charge is 2.20. The lowest BCUT2D eigenvalue weighted by Crippen LogP contribution is -2.37. The molecular formula is C18H20N8O3S. The van der Waals surface area contributed by atoms with Gasteiger partial charge in [-0.25, -0.2) is 0 Å². The van der Waals surface area contributed by atoms with Crippen LogP contribution in [0.1, 0.15) is 10.4 Å². The van der Waals surface area contributed by atoms with E-state index in [1.165, 1.54) is 16.2 Å². The smallest absolute Gasteiger partial charge is 0.327 e. The van der Waals surface area contributed by atoms with Gasteiger partial charge < -0.3 is 25.0 Å². The second-order valence-corrected chi connectivity index (χ2v) is 7.62. The molecule has 0 bridgehead atoms. The number of anilines is 2. The van der Waals surface area contributed by atoms with Gasteiger partial charge in [-0.2, -0.15) is 15.0 Å². The van der Waals surface area contributed by atoms with Gasteiger partial charge in [-0.05, 0) is 24.3 Å². The molecule has 1 fully saturated rings. The summed E-state index contributed by atoms with van der Waals surface area (Å²) in [4.78, 5) is 28.9. The number of rotatable bonds is 5. The number of hydrogen-bond donors (Lipinski definition) is 1. The highest BCUT2D eigenvalue weighted by atomic mass is 32.1. The summed E-state index contributed by atoms with van der Waals surface area (Å²) in [6, 6.07) is 6.87. The number of nitrogen functional groups attached to an aromatic ring is 1. The van der Waals surface area contributed by atoms with E-state index in [1.54, 1.807) is 38.4 Å². The first-order valence-corrected chi connectivity index (χ1v) is 9.99. The maximum atomic E-state index is 12.1. The summed E-state index contributed by atoms with van der Waals surface area (Å²) in [7, 11) is 3.40. The first-order chi connectivity index (χ1) is 14.5. The van der Waals surface area contributed by atoms with Crippen molar-refractivity contribution in [3.05, 3.63) is 29.8 Å². The van der Waals surface area contributed by atoms with Crippen LogP contribution in [0.5, 0.6) is 11.8 Å². The molecule has 0 unspecified atom stereocenters. The van der Waals surface area contributed by atoms with Gasteiger partial charge in [0.2, 0.25) is 11.1 Å². The van der Waals surface area contributed by atoms with Gasteiger partial charge in [-0.15, -0.1) is 10.2 Å². The third-order valence-electron chi connectivity index (χ3n) is 4.25. The molecule has 0 saturated carbocycles. The molecule has 2 aromatic heterocycles. The van der Waals surface area contributed by atoms with Gasteiger partial charge >= 0.3 is 6.01 Å². The third-order valence-corrected chi connectivity index (χ3v) is 4.99. The number of hydrogen-bond acceptors (Lipinski definition) is 11. The fourth-order valence-corrected chi connectivity index (χ4v) is 3.29. The van der Waals surface area contributed by atoms with E-state index in [9.17, 15) is 4.79 Å². The van der Waals surface area contributed by atoms with Crippen LogP contribution in [0.25, 0.3) is 10.8 Å². The molecule has 30 heavy (non-hydrogen) atoms. The van der Waals surface area contributed by atoms with E-state index >= 15 is 0 Å². The summed E-state index contributed by atoms with van der Waals surface area (Å²) in [5, 5.41) is 8.64. The summed E-state index contributed by atoms with van der Waals surface area (Å²) in [6.45, 7) is 2.49. The van der Waals surface area contributed by atoms with Gasteiger partial charge in [-0.1, -0.05) is 11.3 Å². The molecule has 0 radical (unpaired) electrons. The number of ether oxygens (including phenoxy) is 2. The van der Waals surface area contributed by atoms with Crippen molar-refractivity contribution in [1.82, 2.24) is 30.0 Å². The van der Waals surface area contributed by atoms with E-state index < -0.39 is 0 Å². The molecule has 3 aromatic rings. The molecule has 11 nitrogen and oxygen atoms in total. The Bertz CT molecular complexity index is 1030. The highest BCUT2D eigenvalue weighted by molar-refractivity contribution is 7.18. The third kappa shape index (κ3) is 4.44. The molecule has 1 aliphatic rings. The van der Waals surface area contributed by atoms with E-state index in [-0.39, 0.29) is 11.9 Å². The Kier molecular flexibility index (Phi) is 5.68. The number of nitrogens with two attached hydrogens (primary N) is 1. The van der Waals surface area contributed by atoms with Crippen LogP contribution in [0.15, 0.2) is 24.3 Å². The second-order valence-electron chi connectivity index (χ2n) is 6.61. The molecule has 1 aromatic carbocycles. The second kappa shape index (κ2) is 8.55. The Morgan fingerprint density at radius 3 is 2.50 bits per heavy atom. The van der Waals surface area contributed by atoms with Crippen molar-refractivity contribution in [1.29, 1.82) is 0 Å². The van der Waals surface area contributed by atoms with Crippen LogP contribution < -0.4 is 15.4 Å². The first kappa shape index (κ1) is 19.9. The number of amides is 1. The minimum Gasteiger partial charge on any atom is -0.424 e. The topological polar surface area (TPSA) is 132 Å². The van der Waals surface area contributed by atoms with Crippen LogP contribution >= 0.6 is 11.3 Å². The van der Waals surface area contributed by atoms with Gasteiger partial charge in [0.05, 0.1) is 13.2 Å². The van der Waals surface area contributed by atoms with Crippen molar-refractivity contribution in [3.63, 3.8) is 0 Å². The number of aromatic nitrogens is 5. The van der Waals surface area contributed by atoms with Crippen molar-refractivity contribution >= 4 is 28.3 Å². The summed E-state index contributed by atoms with van der Waals surface area (Å²) in [5.74, 6) is 1.20. The maximum Gasteiger partial charge on any atom is 0.327 e. The minimum atomic E-state index is -0.0903. The molecular weight excluding hydrogens is 408 g/mol. The molecule has 2 N–H and O–H groups in total. The van der Waals surface area contributed by atoms with E-state index in [1.807, 2.05) is 4.90 Å². The van der Waals surface area contributed by atoms with Crippen molar-refractivity contribution in [2.75, 3.05) is 51.0 Å². The number of carbonyl (C=O) groups is 1. The largest absolute Gasteiger partial charge is 0.424 e. The van der Waals surface area contributed by atoms with Crippen LogP contribution in [0, 0.1) is 0 Å². The van der Waals surface area contributed by atoms with Gasteiger partial charge in [-0.3, -0.25) is 4.79 Å². The van der Waals surface area contributed by atoms with Crippen molar-refractivity contribution in [3.8, 4) is 22.6 Å². The van der Waals surface area contributed by atoms with Gasteiger partial charge in [0.25, 0.3) is 5.91 Å². The van der Waals surface area contributed by atoms with Crippen LogP contribution in [0.4, 0.5) is 11.1 Å². The SMILES string of the molecule is CN(C)C(=O)c1ccc(Oc2nc(-c3nnc(N)s3)nc(N3CCOCC3)n2)cc1. The summed E-state index contributed by atoms with van der Waals surface area (Å²) >= 11 is 1.18. The van der Waals surface area contributed by atoms with Crippen LogP contribution in [0.3, 0.4) is 0 Å². The quantitative estimate of drug-likeness (QED) is 0.634. The molecule has 156 valence electrons. The molecule has 0 aliphatic carbocycles. The minimum absolute atomic E-state index is 0.0903. The van der Waals surface area contributed by atoms with E-state index in [0.717, 1.165) is 0 Å². The summed E-state index contributed by atoms with van der Waals surface area (Å²) in [6.07, 6.45) is 0. The lowest BCUT2D eigenvalue weighted by molar-refractivity contribution is 0.0827. The highest BCUT2D eigenvalue weighted by Crippen LogP contribution is 2.27. The average molecular weight is 428 g/mol. The van der Waals surface area contributed by atoms with Gasteiger partial charge in [0.1, 0.15) is 5.75 Å². The number of carbonyl (C=O) groups excluding carboxylic acids is 1. The van der Waals surface area contributed by atoms with Crippen LogP contribution in [-0.4, -0.2) is 76.4 Å². The van der Waals surface area contributed by atoms with Crippen molar-refractivity contribution < 1.29 is 14.3 Å². The zero-order valence-corrected chi connectivity index (χ0v) is 17.3. The predicted octanol–water partition coefficient (Wildman–Crippen LogP) is 1.30. The Morgan fingerprint density at radius 2 is 1.87 bits per heavy atom. The molecule has 1 saturated heterocycles. The first-order valence-electron chi connectivity index (χ1n) is 9.17. The Labute approximate surface area is 176 Å². The number of benzene rings is 1. The van der Waals surface area contributed by atoms with Crippen molar-refractivity contribution in [2.45, 2.75) is 0 Å². The van der Waals surface area contributed by atoms with E-state index in [0.29, 0.717) is 59.5 Å². The zero-order chi connectivity index (χ0) is 21.1. The van der Waals surface area contributed by atoms with Crippen molar-refractivity contribution in [2.24, 2.45) is 0 Å². The Hall–Kier alpha value is -3.38. The molecule has 0 spiro atoms. The maximum absolute atomic E-state index is 12.1. The van der Waals surface area contributed by atoms with Crippen LogP contribution in [0.2, 0.25) is 0 Å². The molecule has 1 aliphatic heterocycles. The fourth-order valence-electron chi connectivity index (χ4n) is 2.75. The summed E-state index contributed by atoms with van der Waals surface area (Å²) in [5.41, 5.74) is 6.26. The standard InChI is InChI=1S/C18H20N8O3S/c1-25(2)15(27)11-3-5-12(6-4-11)29-18-21-13(14-23-24-16(19)30-14)20-17(22-18)26-7-9-28-10-8-26/h3-6H,7-10H2,1-2H3,(H2,19,24). The molecule has 1 amide bonds. The predicted molar refractivity (Wildman–Crippen MR) is 111 cm³/mol. The molecule has 12 heteroatoms. The van der Waals surface area contributed by atoms with Gasteiger partial charge in [0.15, 0.2) is 10.8 Å². The number of nitrogens with zero attached hydrogens (tertiary/aromatic N) is 7. The van der Waals surface area contributed by atoms with Gasteiger partial charge in [0, 0.05) is 32.7 Å². The number of morpholine rings is 1. The summed E-state index contributed by atoms with van der Waals surface area (Å²) < 4.78 is 11.3. The lowest BCUT2D eigenvalue weighted by Gasteiger charge is -2.26. The fraction of sp³-hybridized carbons (Fsp3) is 0.333.